The molecule has 0 radical (unpaired) electrons. The lowest BCUT2D eigenvalue weighted by atomic mass is 9.90. The molecular weight excluding hydrogens is 528 g/mol. The third kappa shape index (κ3) is 4.77. The highest BCUT2D eigenvalue weighted by Crippen LogP contribution is 2.38. The minimum absolute atomic E-state index is 1.19. The molecule has 0 aliphatic rings. The fourth-order valence-electron chi connectivity index (χ4n) is 6.45. The van der Waals surface area contributed by atoms with Crippen LogP contribution in [0.3, 0.4) is 0 Å². The number of rotatable bonds is 3. The van der Waals surface area contributed by atoms with E-state index in [0.717, 1.165) is 0 Å². The molecule has 0 aliphatic heterocycles. The van der Waals surface area contributed by atoms with E-state index in [1.165, 1.54) is 76.5 Å². The van der Waals surface area contributed by atoms with Crippen molar-refractivity contribution in [1.29, 1.82) is 0 Å². The van der Waals surface area contributed by atoms with Gasteiger partial charge in [-0.15, -0.1) is 0 Å². The normalized spacial score (nSPS) is 11.2. The second-order valence-electron chi connectivity index (χ2n) is 11.3. The monoisotopic (exact) mass is 558 g/mol. The summed E-state index contributed by atoms with van der Waals surface area (Å²) in [5, 5.41) is 9.98. The van der Waals surface area contributed by atoms with E-state index in [1.54, 1.807) is 0 Å². The summed E-state index contributed by atoms with van der Waals surface area (Å²) in [6.45, 7) is 0. The maximum atomic E-state index is 2.32. The van der Waals surface area contributed by atoms with Crippen molar-refractivity contribution in [3.8, 4) is 33.4 Å². The molecule has 0 bridgehead atoms. The molecule has 0 nitrogen and oxygen atoms in total. The lowest BCUT2D eigenvalue weighted by molar-refractivity contribution is 1.62. The fraction of sp³-hybridized carbons (Fsp3) is 0. The maximum absolute atomic E-state index is 2.32. The topological polar surface area (TPSA) is 0 Å². The highest BCUT2D eigenvalue weighted by Gasteiger charge is 2.11. The van der Waals surface area contributed by atoms with Gasteiger partial charge in [-0.1, -0.05) is 170 Å². The molecule has 0 spiro atoms. The molecule has 0 amide bonds. The highest BCUT2D eigenvalue weighted by atomic mass is 14.1. The first-order valence-electron chi connectivity index (χ1n) is 15.2. The third-order valence-corrected chi connectivity index (χ3v) is 8.69. The maximum Gasteiger partial charge on any atom is -0.00206 e. The molecule has 0 unspecified atom stereocenters. The summed E-state index contributed by atoms with van der Waals surface area (Å²) < 4.78 is 0. The molecule has 8 aromatic carbocycles. The molecule has 0 saturated carbocycles. The number of hydrogen-bond donors (Lipinski definition) is 0. The van der Waals surface area contributed by atoms with Gasteiger partial charge in [0.15, 0.2) is 0 Å². The van der Waals surface area contributed by atoms with Gasteiger partial charge in [-0.05, 0) is 88.6 Å². The molecule has 0 N–H and O–H groups in total. The summed E-state index contributed by atoms with van der Waals surface area (Å²) >= 11 is 0. The summed E-state index contributed by atoms with van der Waals surface area (Å²) in [6, 6.07) is 66.1. The Morgan fingerprint density at radius 3 is 1.41 bits per heavy atom. The zero-order chi connectivity index (χ0) is 29.3. The van der Waals surface area contributed by atoms with Crippen LogP contribution in [0.4, 0.5) is 0 Å². The lowest BCUT2D eigenvalue weighted by Gasteiger charge is -2.13. The molecule has 0 heteroatoms. The Hall–Kier alpha value is -5.72. The van der Waals surface area contributed by atoms with Gasteiger partial charge in [-0.3, -0.25) is 0 Å². The molecule has 0 aliphatic carbocycles. The largest absolute Gasteiger partial charge is 0.0622 e. The van der Waals surface area contributed by atoms with Gasteiger partial charge in [0.1, 0.15) is 0 Å². The van der Waals surface area contributed by atoms with Gasteiger partial charge in [-0.2, -0.15) is 0 Å². The van der Waals surface area contributed by atoms with Crippen LogP contribution in [0.25, 0.3) is 76.5 Å². The highest BCUT2D eigenvalue weighted by molar-refractivity contribution is 6.17. The van der Waals surface area contributed by atoms with Gasteiger partial charge in [0.05, 0.1) is 0 Å². The van der Waals surface area contributed by atoms with Crippen molar-refractivity contribution in [2.75, 3.05) is 0 Å². The zero-order valence-electron chi connectivity index (χ0n) is 24.3. The van der Waals surface area contributed by atoms with Crippen LogP contribution in [0.2, 0.25) is 0 Å². The first-order chi connectivity index (χ1) is 21.8. The van der Waals surface area contributed by atoms with E-state index in [9.17, 15) is 0 Å². The van der Waals surface area contributed by atoms with Crippen molar-refractivity contribution in [2.45, 2.75) is 0 Å². The SMILES string of the molecule is c1cccc(-c2ccc3ccccc3c2)c2c(ccc3ccccc32)c(-c2ccc(-c3ccc4ccccc4c3)cc2)cc1. The smallest absolute Gasteiger partial charge is 0.00206 e. The summed E-state index contributed by atoms with van der Waals surface area (Å²) in [5.74, 6) is 0. The first-order valence-corrected chi connectivity index (χ1v) is 15.2. The molecule has 0 aromatic heterocycles. The van der Waals surface area contributed by atoms with Gasteiger partial charge in [0.25, 0.3) is 0 Å². The van der Waals surface area contributed by atoms with Crippen LogP contribution < -0.4 is 0 Å². The minimum atomic E-state index is 1.19. The number of hydrogen-bond acceptors (Lipinski definition) is 0. The van der Waals surface area contributed by atoms with E-state index in [1.807, 2.05) is 0 Å². The minimum Gasteiger partial charge on any atom is -0.0622 e. The first kappa shape index (κ1) is 25.9. The molecule has 44 heavy (non-hydrogen) atoms. The van der Waals surface area contributed by atoms with Crippen molar-refractivity contribution < 1.29 is 0 Å². The standard InChI is InChI=1S/C44H30/c1-2-4-17-42(39-26-22-32-12-6-8-15-37(32)30-39)44-41-18-10-9-13-34(41)27-28-43(44)40(16-3-1)35-23-19-33(20-24-35)38-25-21-31-11-5-7-14-36(31)29-38/h1-30H. The summed E-state index contributed by atoms with van der Waals surface area (Å²) in [4.78, 5) is 0. The van der Waals surface area contributed by atoms with Gasteiger partial charge < -0.3 is 0 Å². The zero-order valence-corrected chi connectivity index (χ0v) is 24.3. The van der Waals surface area contributed by atoms with E-state index in [0.29, 0.717) is 0 Å². The van der Waals surface area contributed by atoms with Crippen LogP contribution in [0, 0.1) is 0 Å². The Bertz CT molecular complexity index is 2380. The Morgan fingerprint density at radius 2 is 0.705 bits per heavy atom. The summed E-state index contributed by atoms with van der Waals surface area (Å²) in [6.07, 6.45) is 0. The second-order valence-corrected chi connectivity index (χ2v) is 11.3. The van der Waals surface area contributed by atoms with Crippen LogP contribution in [0.15, 0.2) is 182 Å². The molecule has 206 valence electrons. The van der Waals surface area contributed by atoms with E-state index < -0.39 is 0 Å². The van der Waals surface area contributed by atoms with Crippen LogP contribution in [0.5, 0.6) is 0 Å². The Labute approximate surface area is 257 Å². The molecule has 0 atom stereocenters. The number of benzene rings is 7. The van der Waals surface area contributed by atoms with Crippen LogP contribution >= 0.6 is 0 Å². The average molecular weight is 559 g/mol. The van der Waals surface area contributed by atoms with Crippen molar-refractivity contribution in [1.82, 2.24) is 0 Å². The molecule has 8 rings (SSSR count). The third-order valence-electron chi connectivity index (χ3n) is 8.69. The van der Waals surface area contributed by atoms with Gasteiger partial charge >= 0.3 is 0 Å². The molecule has 0 saturated heterocycles. The Kier molecular flexibility index (Phi) is 6.59. The predicted octanol–water partition coefficient (Wildman–Crippen LogP) is 12.4. The quantitative estimate of drug-likeness (QED) is 0.202. The van der Waals surface area contributed by atoms with Crippen molar-refractivity contribution in [2.24, 2.45) is 0 Å². The van der Waals surface area contributed by atoms with Crippen LogP contribution in [-0.4, -0.2) is 0 Å². The van der Waals surface area contributed by atoms with E-state index in [4.69, 9.17) is 0 Å². The van der Waals surface area contributed by atoms with Crippen molar-refractivity contribution >= 4 is 43.1 Å². The predicted molar refractivity (Wildman–Crippen MR) is 190 cm³/mol. The van der Waals surface area contributed by atoms with E-state index in [-0.39, 0.29) is 0 Å². The molecule has 8 aromatic rings. The van der Waals surface area contributed by atoms with Crippen molar-refractivity contribution in [3.05, 3.63) is 182 Å². The van der Waals surface area contributed by atoms with Gasteiger partial charge in [-0.25, -0.2) is 0 Å². The Morgan fingerprint density at radius 1 is 0.227 bits per heavy atom. The Balaban J connectivity index is 1.38. The van der Waals surface area contributed by atoms with E-state index in [2.05, 4.69) is 182 Å². The molecule has 0 fully saturated rings. The van der Waals surface area contributed by atoms with Crippen molar-refractivity contribution in [3.63, 3.8) is 0 Å². The fourth-order valence-corrected chi connectivity index (χ4v) is 6.45. The second kappa shape index (κ2) is 11.2. The molecular formula is C44H30. The van der Waals surface area contributed by atoms with Crippen LogP contribution in [-0.2, 0) is 0 Å². The summed E-state index contributed by atoms with van der Waals surface area (Å²) in [5.41, 5.74) is 7.27. The van der Waals surface area contributed by atoms with E-state index >= 15 is 0 Å². The van der Waals surface area contributed by atoms with Gasteiger partial charge in [0.2, 0.25) is 0 Å². The lowest BCUT2D eigenvalue weighted by Crippen LogP contribution is -1.86. The van der Waals surface area contributed by atoms with Crippen LogP contribution in [0.1, 0.15) is 0 Å². The van der Waals surface area contributed by atoms with Gasteiger partial charge in [0, 0.05) is 0 Å². The molecule has 0 heterocycles. The average Bonchev–Trinajstić information content (AvgIpc) is 3.09. The number of fused-ring (bicyclic) bond motifs is 5. The summed E-state index contributed by atoms with van der Waals surface area (Å²) in [7, 11) is 0.